The van der Waals surface area contributed by atoms with Crippen LogP contribution in [0.3, 0.4) is 0 Å². The Bertz CT molecular complexity index is 1110. The lowest BCUT2D eigenvalue weighted by Crippen LogP contribution is -2.45. The summed E-state index contributed by atoms with van der Waals surface area (Å²) < 4.78 is 8.27. The summed E-state index contributed by atoms with van der Waals surface area (Å²) >= 11 is 1.88. The van der Waals surface area contributed by atoms with Crippen molar-refractivity contribution in [1.29, 1.82) is 0 Å². The predicted octanol–water partition coefficient (Wildman–Crippen LogP) is 4.98. The molecule has 4 heterocycles. The largest absolute Gasteiger partial charge is 0.372 e. The molecule has 0 spiro atoms. The summed E-state index contributed by atoms with van der Waals surface area (Å²) in [5, 5.41) is 2.13. The van der Waals surface area contributed by atoms with Gasteiger partial charge in [-0.3, -0.25) is 9.29 Å². The molecule has 0 bridgehead atoms. The Hall–Kier alpha value is -2.52. The second-order valence-corrected chi connectivity index (χ2v) is 10.2. The summed E-state index contributed by atoms with van der Waals surface area (Å²) in [6.45, 7) is 8.50. The van der Waals surface area contributed by atoms with Crippen molar-refractivity contribution in [1.82, 2.24) is 14.3 Å². The Labute approximate surface area is 225 Å². The number of fused-ring (bicyclic) bond motifs is 1. The maximum atomic E-state index is 10.8. The van der Waals surface area contributed by atoms with E-state index in [2.05, 4.69) is 70.4 Å². The summed E-state index contributed by atoms with van der Waals surface area (Å²) in [6, 6.07) is 14.4. The van der Waals surface area contributed by atoms with E-state index >= 15 is 0 Å². The zero-order valence-electron chi connectivity index (χ0n) is 22.6. The minimum atomic E-state index is 0.198. The zero-order valence-corrected chi connectivity index (χ0v) is 23.4. The molecule has 2 N–H and O–H groups in total. The van der Waals surface area contributed by atoms with Crippen LogP contribution in [0.4, 0.5) is 5.82 Å². The van der Waals surface area contributed by atoms with Crippen molar-refractivity contribution in [3.63, 3.8) is 0 Å². The number of hydrogen-bond acceptors (Lipinski definition) is 8. The lowest BCUT2D eigenvalue weighted by atomic mass is 10.0. The van der Waals surface area contributed by atoms with Crippen LogP contribution in [0.5, 0.6) is 0 Å². The van der Waals surface area contributed by atoms with Crippen LogP contribution in [0, 0.1) is 0 Å². The molecule has 2 aliphatic rings. The van der Waals surface area contributed by atoms with Crippen molar-refractivity contribution in [2.75, 3.05) is 44.4 Å². The second kappa shape index (κ2) is 15.0. The van der Waals surface area contributed by atoms with Gasteiger partial charge in [0.05, 0.1) is 17.9 Å². The molecule has 2 atom stereocenters. The molecule has 0 amide bonds. The van der Waals surface area contributed by atoms with Crippen LogP contribution in [0.25, 0.3) is 22.0 Å². The van der Waals surface area contributed by atoms with Crippen LogP contribution >= 0.6 is 11.9 Å². The van der Waals surface area contributed by atoms with Crippen LogP contribution in [0.2, 0.25) is 0 Å². The number of benzene rings is 1. The standard InChI is InChI=1S/C22H23N3O2.C6H13NS.CH5N/c1-15-13-25(14-16(2)27-15)22-5-3-4-21(24-22)17-6-7-18-12-23-20(8-9-26)11-19(18)10-17;1-8-7-5-3-2-4-6-7;1-2/h3-7,9-12,15-16H,8,13-14H2,1-2H3;2-6H2,1H3;2H2,1H3. The Morgan fingerprint density at radius 1 is 1.03 bits per heavy atom. The molecule has 2 aliphatic heterocycles. The maximum absolute atomic E-state index is 10.8. The Morgan fingerprint density at radius 2 is 1.76 bits per heavy atom. The molecule has 7 nitrogen and oxygen atoms in total. The number of anilines is 1. The van der Waals surface area contributed by atoms with Crippen LogP contribution in [-0.4, -0.2) is 72.2 Å². The monoisotopic (exact) mass is 523 g/mol. The summed E-state index contributed by atoms with van der Waals surface area (Å²) in [5.74, 6) is 0.978. The first-order valence-electron chi connectivity index (χ1n) is 13.1. The number of aromatic nitrogens is 2. The molecule has 200 valence electrons. The van der Waals surface area contributed by atoms with E-state index < -0.39 is 0 Å². The Balaban J connectivity index is 0.000000322. The maximum Gasteiger partial charge on any atom is 0.129 e. The fraction of sp³-hybridized carbons (Fsp3) is 0.483. The number of hydrogen-bond donors (Lipinski definition) is 1. The van der Waals surface area contributed by atoms with Gasteiger partial charge in [0, 0.05) is 55.4 Å². The molecular weight excluding hydrogens is 482 g/mol. The highest BCUT2D eigenvalue weighted by Gasteiger charge is 2.23. The molecule has 2 saturated heterocycles. The molecule has 3 aromatic rings. The molecule has 2 aromatic heterocycles. The average Bonchev–Trinajstić information content (AvgIpc) is 2.94. The molecule has 0 radical (unpaired) electrons. The predicted molar refractivity (Wildman–Crippen MR) is 156 cm³/mol. The van der Waals surface area contributed by atoms with Crippen molar-refractivity contribution in [2.24, 2.45) is 5.73 Å². The average molecular weight is 524 g/mol. The summed E-state index contributed by atoms with van der Waals surface area (Å²) in [7, 11) is 1.50. The topological polar surface area (TPSA) is 84.6 Å². The van der Waals surface area contributed by atoms with Gasteiger partial charge < -0.3 is 20.2 Å². The van der Waals surface area contributed by atoms with Crippen LogP contribution in [0.15, 0.2) is 48.7 Å². The first-order chi connectivity index (χ1) is 18.1. The van der Waals surface area contributed by atoms with Gasteiger partial charge in [-0.2, -0.15) is 0 Å². The molecule has 8 heteroatoms. The molecule has 5 rings (SSSR count). The number of carbonyl (C=O) groups excluding carboxylic acids is 1. The second-order valence-electron chi connectivity index (χ2n) is 9.32. The van der Waals surface area contributed by atoms with Gasteiger partial charge in [0.1, 0.15) is 12.1 Å². The number of ether oxygens (including phenoxy) is 1. The molecule has 2 fully saturated rings. The highest BCUT2D eigenvalue weighted by molar-refractivity contribution is 7.96. The van der Waals surface area contributed by atoms with Crippen LogP contribution in [0.1, 0.15) is 38.8 Å². The minimum absolute atomic E-state index is 0.198. The quantitative estimate of drug-likeness (QED) is 0.370. The first-order valence-corrected chi connectivity index (χ1v) is 14.3. The number of morpholine rings is 1. The Morgan fingerprint density at radius 3 is 2.41 bits per heavy atom. The van der Waals surface area contributed by atoms with Gasteiger partial charge in [-0.25, -0.2) is 4.98 Å². The van der Waals surface area contributed by atoms with E-state index in [1.165, 1.54) is 39.4 Å². The van der Waals surface area contributed by atoms with Gasteiger partial charge in [-0.15, -0.1) is 0 Å². The summed E-state index contributed by atoms with van der Waals surface area (Å²) in [5.41, 5.74) is 7.28. The lowest BCUT2D eigenvalue weighted by Gasteiger charge is -2.36. The third-order valence-electron chi connectivity index (χ3n) is 6.42. The minimum Gasteiger partial charge on any atom is -0.372 e. The van der Waals surface area contributed by atoms with Crippen LogP contribution in [-0.2, 0) is 16.0 Å². The number of aldehydes is 1. The van der Waals surface area contributed by atoms with E-state index in [9.17, 15) is 4.79 Å². The van der Waals surface area contributed by atoms with Gasteiger partial charge in [-0.05, 0) is 69.6 Å². The third kappa shape index (κ3) is 8.50. The highest BCUT2D eigenvalue weighted by atomic mass is 32.2. The van der Waals surface area contributed by atoms with Crippen molar-refractivity contribution in [2.45, 2.75) is 51.7 Å². The van der Waals surface area contributed by atoms with E-state index in [4.69, 9.17) is 9.72 Å². The van der Waals surface area contributed by atoms with Gasteiger partial charge in [0.2, 0.25) is 0 Å². The third-order valence-corrected chi connectivity index (χ3v) is 7.30. The fourth-order valence-electron chi connectivity index (χ4n) is 4.72. The van der Waals surface area contributed by atoms with Crippen molar-refractivity contribution >= 4 is 34.8 Å². The first kappa shape index (κ1) is 29.0. The SMILES string of the molecule is CC1CN(c2cccc(-c3ccc4cnc(CC=O)cc4c3)n2)CC(C)O1.CN.CSN1CCCCC1. The van der Waals surface area contributed by atoms with Gasteiger partial charge >= 0.3 is 0 Å². The number of nitrogens with zero attached hydrogens (tertiary/aromatic N) is 4. The molecule has 1 aromatic carbocycles. The fourth-order valence-corrected chi connectivity index (χ4v) is 5.34. The van der Waals surface area contributed by atoms with Gasteiger partial charge in [0.15, 0.2) is 0 Å². The molecule has 37 heavy (non-hydrogen) atoms. The molecule has 0 saturated carbocycles. The summed E-state index contributed by atoms with van der Waals surface area (Å²) in [4.78, 5) is 22.3. The van der Waals surface area contributed by atoms with E-state index in [0.29, 0.717) is 6.42 Å². The highest BCUT2D eigenvalue weighted by Crippen LogP contribution is 2.26. The van der Waals surface area contributed by atoms with Gasteiger partial charge in [-0.1, -0.05) is 36.6 Å². The number of rotatable bonds is 5. The number of pyridine rings is 2. The lowest BCUT2D eigenvalue weighted by molar-refractivity contribution is -0.107. The summed E-state index contributed by atoms with van der Waals surface area (Å²) in [6.07, 6.45) is 9.84. The normalized spacial score (nSPS) is 19.9. The van der Waals surface area contributed by atoms with E-state index in [1.807, 2.05) is 30.3 Å². The molecular formula is C29H41N5O2S. The zero-order chi connectivity index (χ0) is 26.6. The van der Waals surface area contributed by atoms with E-state index in [0.717, 1.165) is 52.9 Å². The van der Waals surface area contributed by atoms with Crippen molar-refractivity contribution in [3.8, 4) is 11.3 Å². The smallest absolute Gasteiger partial charge is 0.129 e. The van der Waals surface area contributed by atoms with E-state index in [-0.39, 0.29) is 12.2 Å². The number of piperidine rings is 1. The molecule has 2 unspecified atom stereocenters. The van der Waals surface area contributed by atoms with Crippen molar-refractivity contribution < 1.29 is 9.53 Å². The number of carbonyl (C=O) groups is 1. The van der Waals surface area contributed by atoms with Gasteiger partial charge in [0.25, 0.3) is 0 Å². The van der Waals surface area contributed by atoms with Crippen LogP contribution < -0.4 is 10.6 Å². The Kier molecular flexibility index (Phi) is 11.8. The van der Waals surface area contributed by atoms with E-state index in [1.54, 1.807) is 0 Å². The van der Waals surface area contributed by atoms with Crippen molar-refractivity contribution in [3.05, 3.63) is 54.4 Å². The number of nitrogens with two attached hydrogens (primary N) is 1. The molecule has 0 aliphatic carbocycles.